The number of benzene rings is 3. The molecule has 4 rings (SSSR count). The summed E-state index contributed by atoms with van der Waals surface area (Å²) in [5.74, 6) is 6.58. The molecule has 1 saturated heterocycles. The standard InChI is InChI=1S/C29H31NO/c1-3-13-26-28(25-18-11-6-12-19-25)30-27(24-16-9-5-10-17-24)22(2)29(26,31)21-20-23-14-7-4-8-15-23/h4-12,14-19,22,26-28,30-31H,3,13H2,1-2H3/t22-,26-,27-,28-,29+/m0/s1. The summed E-state index contributed by atoms with van der Waals surface area (Å²) in [4.78, 5) is 0. The number of aliphatic hydroxyl groups is 1. The Hall–Kier alpha value is -2.86. The van der Waals surface area contributed by atoms with E-state index in [1.807, 2.05) is 42.5 Å². The van der Waals surface area contributed by atoms with E-state index in [4.69, 9.17) is 0 Å². The van der Waals surface area contributed by atoms with Crippen molar-refractivity contribution in [1.82, 2.24) is 5.32 Å². The average Bonchev–Trinajstić information content (AvgIpc) is 2.83. The second-order valence-corrected chi connectivity index (χ2v) is 8.57. The van der Waals surface area contributed by atoms with Gasteiger partial charge in [0.15, 0.2) is 0 Å². The van der Waals surface area contributed by atoms with Crippen molar-refractivity contribution in [2.45, 2.75) is 44.4 Å². The first-order valence-corrected chi connectivity index (χ1v) is 11.3. The van der Waals surface area contributed by atoms with Crippen LogP contribution in [0, 0.1) is 23.7 Å². The van der Waals surface area contributed by atoms with Crippen LogP contribution in [0.5, 0.6) is 0 Å². The SMILES string of the molecule is CCC[C@H]1[C@H](c2ccccc2)N[C@H](c2ccccc2)[C@H](C)[C@]1(O)C#Cc1ccccc1. The van der Waals surface area contributed by atoms with E-state index >= 15 is 0 Å². The topological polar surface area (TPSA) is 32.3 Å². The van der Waals surface area contributed by atoms with Crippen LogP contribution in [0.4, 0.5) is 0 Å². The van der Waals surface area contributed by atoms with Crippen molar-refractivity contribution in [3.05, 3.63) is 108 Å². The minimum atomic E-state index is -1.11. The normalized spacial score (nSPS) is 27.8. The van der Waals surface area contributed by atoms with Crippen molar-refractivity contribution >= 4 is 0 Å². The first-order valence-electron chi connectivity index (χ1n) is 11.3. The van der Waals surface area contributed by atoms with E-state index in [1.165, 1.54) is 11.1 Å². The quantitative estimate of drug-likeness (QED) is 0.525. The number of nitrogens with one attached hydrogen (secondary N) is 1. The summed E-state index contributed by atoms with van der Waals surface area (Å²) in [6, 6.07) is 30.9. The third-order valence-corrected chi connectivity index (χ3v) is 6.62. The molecule has 0 aliphatic carbocycles. The van der Waals surface area contributed by atoms with Gasteiger partial charge in [0.2, 0.25) is 0 Å². The van der Waals surface area contributed by atoms with Crippen LogP contribution in [0.3, 0.4) is 0 Å². The number of hydrogen-bond acceptors (Lipinski definition) is 2. The predicted octanol–water partition coefficient (Wildman–Crippen LogP) is 5.91. The Labute approximate surface area is 186 Å². The molecule has 158 valence electrons. The Kier molecular flexibility index (Phi) is 6.56. The van der Waals surface area contributed by atoms with Crippen LogP contribution in [0.1, 0.15) is 55.5 Å². The molecule has 0 radical (unpaired) electrons. The van der Waals surface area contributed by atoms with E-state index in [0.29, 0.717) is 0 Å². The first-order chi connectivity index (χ1) is 15.1. The maximum absolute atomic E-state index is 12.2. The molecule has 0 amide bonds. The van der Waals surface area contributed by atoms with Crippen molar-refractivity contribution in [1.29, 1.82) is 0 Å². The molecule has 0 unspecified atom stereocenters. The molecule has 0 spiro atoms. The summed E-state index contributed by atoms with van der Waals surface area (Å²) in [5, 5.41) is 16.1. The van der Waals surface area contributed by atoms with Crippen LogP contribution in [0.15, 0.2) is 91.0 Å². The molecular weight excluding hydrogens is 378 g/mol. The molecule has 1 heterocycles. The monoisotopic (exact) mass is 409 g/mol. The lowest BCUT2D eigenvalue weighted by molar-refractivity contribution is -0.0749. The fourth-order valence-corrected chi connectivity index (χ4v) is 4.93. The van der Waals surface area contributed by atoms with Gasteiger partial charge in [-0.05, 0) is 29.7 Å². The highest BCUT2D eigenvalue weighted by Crippen LogP contribution is 2.48. The minimum absolute atomic E-state index is 0.00826. The molecule has 5 atom stereocenters. The summed E-state index contributed by atoms with van der Waals surface area (Å²) in [6.07, 6.45) is 1.89. The van der Waals surface area contributed by atoms with Crippen molar-refractivity contribution in [3.63, 3.8) is 0 Å². The zero-order chi connectivity index (χ0) is 21.7. The second-order valence-electron chi connectivity index (χ2n) is 8.57. The number of hydrogen-bond donors (Lipinski definition) is 2. The highest BCUT2D eigenvalue weighted by molar-refractivity contribution is 5.39. The smallest absolute Gasteiger partial charge is 0.134 e. The molecule has 0 bridgehead atoms. The number of piperidine rings is 1. The third-order valence-electron chi connectivity index (χ3n) is 6.62. The molecule has 1 fully saturated rings. The lowest BCUT2D eigenvalue weighted by atomic mass is 9.64. The van der Waals surface area contributed by atoms with E-state index in [2.05, 4.69) is 79.5 Å². The van der Waals surface area contributed by atoms with Crippen molar-refractivity contribution < 1.29 is 5.11 Å². The van der Waals surface area contributed by atoms with Crippen LogP contribution in [-0.4, -0.2) is 10.7 Å². The lowest BCUT2D eigenvalue weighted by Gasteiger charge is -2.51. The molecule has 0 aromatic heterocycles. The summed E-state index contributed by atoms with van der Waals surface area (Å²) in [7, 11) is 0. The fraction of sp³-hybridized carbons (Fsp3) is 0.310. The van der Waals surface area contributed by atoms with Gasteiger partial charge in [-0.3, -0.25) is 0 Å². The van der Waals surface area contributed by atoms with Crippen LogP contribution in [0.2, 0.25) is 0 Å². The van der Waals surface area contributed by atoms with Crippen molar-refractivity contribution in [2.24, 2.45) is 11.8 Å². The van der Waals surface area contributed by atoms with Gasteiger partial charge in [-0.15, -0.1) is 0 Å². The van der Waals surface area contributed by atoms with Gasteiger partial charge >= 0.3 is 0 Å². The molecule has 3 aromatic rings. The van der Waals surface area contributed by atoms with E-state index in [1.54, 1.807) is 0 Å². The van der Waals surface area contributed by atoms with Gasteiger partial charge in [0.25, 0.3) is 0 Å². The molecule has 2 heteroatoms. The molecule has 3 aromatic carbocycles. The van der Waals surface area contributed by atoms with Gasteiger partial charge in [-0.2, -0.15) is 0 Å². The molecule has 0 saturated carbocycles. The van der Waals surface area contributed by atoms with E-state index in [0.717, 1.165) is 18.4 Å². The lowest BCUT2D eigenvalue weighted by Crippen LogP contribution is -2.58. The summed E-state index contributed by atoms with van der Waals surface area (Å²) in [5.41, 5.74) is 2.21. The third kappa shape index (κ3) is 4.44. The molecule has 2 nitrogen and oxygen atoms in total. The largest absolute Gasteiger partial charge is 0.377 e. The Morgan fingerprint density at radius 1 is 0.806 bits per heavy atom. The highest BCUT2D eigenvalue weighted by atomic mass is 16.3. The Balaban J connectivity index is 1.82. The van der Waals surface area contributed by atoms with Crippen molar-refractivity contribution in [2.75, 3.05) is 0 Å². The van der Waals surface area contributed by atoms with E-state index in [9.17, 15) is 5.11 Å². The maximum atomic E-state index is 12.2. The van der Waals surface area contributed by atoms with Crippen LogP contribution in [-0.2, 0) is 0 Å². The zero-order valence-electron chi connectivity index (χ0n) is 18.3. The Morgan fingerprint density at radius 2 is 1.32 bits per heavy atom. The number of rotatable bonds is 4. The highest BCUT2D eigenvalue weighted by Gasteiger charge is 2.52. The van der Waals surface area contributed by atoms with E-state index < -0.39 is 5.60 Å². The van der Waals surface area contributed by atoms with E-state index in [-0.39, 0.29) is 23.9 Å². The summed E-state index contributed by atoms with van der Waals surface area (Å²) >= 11 is 0. The average molecular weight is 410 g/mol. The maximum Gasteiger partial charge on any atom is 0.134 e. The molecule has 1 aliphatic heterocycles. The predicted molar refractivity (Wildman–Crippen MR) is 127 cm³/mol. The van der Waals surface area contributed by atoms with Crippen LogP contribution in [0.25, 0.3) is 0 Å². The van der Waals surface area contributed by atoms with Gasteiger partial charge in [0.1, 0.15) is 5.60 Å². The van der Waals surface area contributed by atoms with Gasteiger partial charge in [-0.1, -0.05) is 111 Å². The van der Waals surface area contributed by atoms with Crippen LogP contribution < -0.4 is 5.32 Å². The first kappa shape index (κ1) is 21.4. The summed E-state index contributed by atoms with van der Waals surface area (Å²) < 4.78 is 0. The van der Waals surface area contributed by atoms with Crippen LogP contribution >= 0.6 is 0 Å². The molecular formula is C29H31NO. The summed E-state index contributed by atoms with van der Waals surface area (Å²) in [6.45, 7) is 4.31. The van der Waals surface area contributed by atoms with Gasteiger partial charge < -0.3 is 10.4 Å². The second kappa shape index (κ2) is 9.52. The van der Waals surface area contributed by atoms with Crippen molar-refractivity contribution in [3.8, 4) is 11.8 Å². The van der Waals surface area contributed by atoms with Gasteiger partial charge in [0.05, 0.1) is 0 Å². The zero-order valence-corrected chi connectivity index (χ0v) is 18.3. The van der Waals surface area contributed by atoms with Gasteiger partial charge in [0, 0.05) is 29.5 Å². The molecule has 1 aliphatic rings. The van der Waals surface area contributed by atoms with Gasteiger partial charge in [-0.25, -0.2) is 0 Å². The Morgan fingerprint density at radius 3 is 1.87 bits per heavy atom. The Bertz CT molecular complexity index is 1020. The minimum Gasteiger partial charge on any atom is -0.377 e. The molecule has 31 heavy (non-hydrogen) atoms. The molecule has 2 N–H and O–H groups in total. The fourth-order valence-electron chi connectivity index (χ4n) is 4.93.